The minimum atomic E-state index is 0.593. The van der Waals surface area contributed by atoms with Crippen LogP contribution in [0.1, 0.15) is 6.92 Å². The molecule has 0 saturated heterocycles. The summed E-state index contributed by atoms with van der Waals surface area (Å²) in [5, 5.41) is 0. The van der Waals surface area contributed by atoms with Crippen molar-refractivity contribution in [2.45, 2.75) is 13.2 Å². The Labute approximate surface area is 63.8 Å². The lowest BCUT2D eigenvalue weighted by Crippen LogP contribution is -2.21. The lowest BCUT2D eigenvalue weighted by molar-refractivity contribution is 0.515. The van der Waals surface area contributed by atoms with Gasteiger partial charge in [-0.15, -0.1) is 0 Å². The van der Waals surface area contributed by atoms with E-state index < -0.39 is 0 Å². The van der Waals surface area contributed by atoms with E-state index in [9.17, 15) is 0 Å². The molecule has 0 aromatic carbocycles. The number of nitrogens with zero attached hydrogens (tertiary/aromatic N) is 1. The van der Waals surface area contributed by atoms with E-state index in [1.54, 1.807) is 0 Å². The zero-order valence-electron chi connectivity index (χ0n) is 7.02. The number of allylic oxidation sites excluding steroid dienone is 2. The second kappa shape index (κ2) is 4.04. The van der Waals surface area contributed by atoms with Gasteiger partial charge in [-0.25, -0.2) is 0 Å². The third-order valence-corrected chi connectivity index (χ3v) is 1.56. The van der Waals surface area contributed by atoms with Crippen LogP contribution in [-0.2, 0) is 0 Å². The van der Waals surface area contributed by atoms with E-state index in [-0.39, 0.29) is 0 Å². The lowest BCUT2D eigenvalue weighted by Gasteiger charge is -2.20. The standard InChI is InChI=1S/C7H15BN2/c1-4-7(5-8)10(3)6(2)9/h4H,2,5,8-9H2,1,3H3/b7-4-. The maximum atomic E-state index is 5.48. The Kier molecular flexibility index (Phi) is 3.69. The second-order valence-corrected chi connectivity index (χ2v) is 2.18. The third kappa shape index (κ3) is 2.17. The van der Waals surface area contributed by atoms with Gasteiger partial charge in [0.15, 0.2) is 0 Å². The molecule has 0 aliphatic carbocycles. The molecule has 0 bridgehead atoms. The van der Waals surface area contributed by atoms with Gasteiger partial charge in [-0.1, -0.05) is 12.7 Å². The minimum absolute atomic E-state index is 0.593. The molecule has 0 aliphatic rings. The van der Waals surface area contributed by atoms with Crippen LogP contribution in [0.5, 0.6) is 0 Å². The van der Waals surface area contributed by atoms with E-state index in [2.05, 4.69) is 14.4 Å². The van der Waals surface area contributed by atoms with Gasteiger partial charge in [0, 0.05) is 12.7 Å². The Hall–Kier alpha value is -0.855. The fraction of sp³-hybridized carbons (Fsp3) is 0.429. The Morgan fingerprint density at radius 2 is 2.30 bits per heavy atom. The van der Waals surface area contributed by atoms with Gasteiger partial charge in [-0.3, -0.25) is 0 Å². The van der Waals surface area contributed by atoms with Gasteiger partial charge in [0.1, 0.15) is 7.85 Å². The molecule has 0 spiro atoms. The molecular weight excluding hydrogens is 123 g/mol. The summed E-state index contributed by atoms with van der Waals surface area (Å²) in [7, 11) is 4.01. The fourth-order valence-electron chi connectivity index (χ4n) is 0.819. The van der Waals surface area contributed by atoms with Gasteiger partial charge < -0.3 is 10.6 Å². The first-order valence-corrected chi connectivity index (χ1v) is 3.46. The van der Waals surface area contributed by atoms with E-state index in [4.69, 9.17) is 5.73 Å². The highest BCUT2D eigenvalue weighted by Crippen LogP contribution is 2.07. The van der Waals surface area contributed by atoms with E-state index in [0.717, 1.165) is 6.32 Å². The molecule has 0 saturated carbocycles. The van der Waals surface area contributed by atoms with Gasteiger partial charge in [0.25, 0.3) is 0 Å². The van der Waals surface area contributed by atoms with Gasteiger partial charge in [0.05, 0.1) is 5.82 Å². The summed E-state index contributed by atoms with van der Waals surface area (Å²) in [6.07, 6.45) is 3.03. The Balaban J connectivity index is 4.17. The van der Waals surface area contributed by atoms with Crippen molar-refractivity contribution in [3.63, 3.8) is 0 Å². The molecule has 0 amide bonds. The average Bonchev–Trinajstić information content (AvgIpc) is 1.90. The van der Waals surface area contributed by atoms with E-state index >= 15 is 0 Å². The van der Waals surface area contributed by atoms with Crippen LogP contribution in [0.15, 0.2) is 24.2 Å². The summed E-state index contributed by atoms with van der Waals surface area (Å²) < 4.78 is 0. The zero-order chi connectivity index (χ0) is 8.15. The molecule has 0 unspecified atom stereocenters. The van der Waals surface area contributed by atoms with Gasteiger partial charge in [0.2, 0.25) is 0 Å². The Morgan fingerprint density at radius 1 is 1.80 bits per heavy atom. The van der Waals surface area contributed by atoms with Crippen molar-refractivity contribution >= 4 is 7.85 Å². The number of rotatable bonds is 3. The molecule has 2 N–H and O–H groups in total. The normalized spacial score (nSPS) is 11.2. The van der Waals surface area contributed by atoms with Gasteiger partial charge in [-0.05, 0) is 13.2 Å². The lowest BCUT2D eigenvalue weighted by atomic mass is 10.0. The SMILES string of the molecule is BC/C(=C/C)N(C)C(=C)N. The van der Waals surface area contributed by atoms with Crippen molar-refractivity contribution in [1.29, 1.82) is 0 Å². The van der Waals surface area contributed by atoms with Crippen molar-refractivity contribution in [1.82, 2.24) is 4.90 Å². The molecule has 0 aliphatic heterocycles. The van der Waals surface area contributed by atoms with Crippen molar-refractivity contribution in [2.75, 3.05) is 7.05 Å². The average molecular weight is 138 g/mol. The molecule has 0 fully saturated rings. The zero-order valence-corrected chi connectivity index (χ0v) is 7.02. The molecule has 0 aromatic heterocycles. The topological polar surface area (TPSA) is 29.3 Å². The fourth-order valence-corrected chi connectivity index (χ4v) is 0.819. The molecule has 0 heterocycles. The van der Waals surface area contributed by atoms with Crippen LogP contribution in [0.25, 0.3) is 0 Å². The summed E-state index contributed by atoms with van der Waals surface area (Å²) in [5.41, 5.74) is 6.68. The van der Waals surface area contributed by atoms with Crippen LogP contribution in [0.4, 0.5) is 0 Å². The monoisotopic (exact) mass is 138 g/mol. The third-order valence-electron chi connectivity index (χ3n) is 1.56. The second-order valence-electron chi connectivity index (χ2n) is 2.18. The molecule has 10 heavy (non-hydrogen) atoms. The highest BCUT2D eigenvalue weighted by atomic mass is 15.2. The van der Waals surface area contributed by atoms with E-state index in [0.29, 0.717) is 5.82 Å². The predicted molar refractivity (Wildman–Crippen MR) is 48.2 cm³/mol. The van der Waals surface area contributed by atoms with Crippen LogP contribution in [0.2, 0.25) is 6.32 Å². The van der Waals surface area contributed by atoms with Crippen LogP contribution in [0, 0.1) is 0 Å². The van der Waals surface area contributed by atoms with E-state index in [1.165, 1.54) is 5.70 Å². The Bertz CT molecular complexity index is 152. The molecule has 0 aromatic rings. The number of hydrogen-bond acceptors (Lipinski definition) is 2. The minimum Gasteiger partial charge on any atom is -0.386 e. The first kappa shape index (κ1) is 9.14. The van der Waals surface area contributed by atoms with Crippen LogP contribution >= 0.6 is 0 Å². The highest BCUT2D eigenvalue weighted by molar-refractivity contribution is 6.10. The maximum Gasteiger partial charge on any atom is 0.108 e. The predicted octanol–water partition coefficient (Wildman–Crippen LogP) is 0.303. The molecule has 0 radical (unpaired) electrons. The molecule has 2 nitrogen and oxygen atoms in total. The summed E-state index contributed by atoms with van der Waals surface area (Å²) in [6.45, 7) is 5.63. The largest absolute Gasteiger partial charge is 0.386 e. The van der Waals surface area contributed by atoms with Gasteiger partial charge in [-0.2, -0.15) is 0 Å². The van der Waals surface area contributed by atoms with Crippen LogP contribution in [-0.4, -0.2) is 19.8 Å². The van der Waals surface area contributed by atoms with E-state index in [1.807, 2.05) is 24.9 Å². The smallest absolute Gasteiger partial charge is 0.108 e. The van der Waals surface area contributed by atoms with Crippen LogP contribution < -0.4 is 5.73 Å². The van der Waals surface area contributed by atoms with Crippen molar-refractivity contribution < 1.29 is 0 Å². The molecule has 56 valence electrons. The van der Waals surface area contributed by atoms with Crippen molar-refractivity contribution in [3.05, 3.63) is 24.2 Å². The summed E-state index contributed by atoms with van der Waals surface area (Å²) in [4.78, 5) is 1.89. The highest BCUT2D eigenvalue weighted by Gasteiger charge is 1.99. The quantitative estimate of drug-likeness (QED) is 0.568. The first-order chi connectivity index (χ1) is 4.63. The van der Waals surface area contributed by atoms with Crippen LogP contribution in [0.3, 0.4) is 0 Å². The number of hydrogen-bond donors (Lipinski definition) is 1. The molecule has 0 atom stereocenters. The summed E-state index contributed by atoms with van der Waals surface area (Å²) in [5.74, 6) is 0.593. The van der Waals surface area contributed by atoms with Crippen molar-refractivity contribution in [2.24, 2.45) is 5.73 Å². The van der Waals surface area contributed by atoms with Crippen molar-refractivity contribution in [3.8, 4) is 0 Å². The summed E-state index contributed by atoms with van der Waals surface area (Å²) in [6, 6.07) is 0. The molecule has 3 heteroatoms. The van der Waals surface area contributed by atoms with Gasteiger partial charge >= 0.3 is 0 Å². The maximum absolute atomic E-state index is 5.48. The first-order valence-electron chi connectivity index (χ1n) is 3.46. The summed E-state index contributed by atoms with van der Waals surface area (Å²) >= 11 is 0. The number of nitrogens with two attached hydrogens (primary N) is 1. The Morgan fingerprint density at radius 3 is 2.40 bits per heavy atom. The molecular formula is C7H15BN2. The molecule has 0 rings (SSSR count).